The van der Waals surface area contributed by atoms with Crippen molar-refractivity contribution in [3.63, 3.8) is 0 Å². The molecule has 0 radical (unpaired) electrons. The van der Waals surface area contributed by atoms with Gasteiger partial charge in [-0.1, -0.05) is 250 Å². The van der Waals surface area contributed by atoms with Crippen LogP contribution >= 0.6 is 0 Å². The maximum Gasteiger partial charge on any atom is 0.306 e. The van der Waals surface area contributed by atoms with E-state index in [1.165, 1.54) is 70.6 Å². The van der Waals surface area contributed by atoms with Gasteiger partial charge in [-0.3, -0.25) is 14.4 Å². The molecule has 0 saturated carbocycles. The summed E-state index contributed by atoms with van der Waals surface area (Å²) in [6.07, 6.45) is 78.3. The second-order valence-electron chi connectivity index (χ2n) is 17.3. The van der Waals surface area contributed by atoms with Crippen LogP contribution in [0.3, 0.4) is 0 Å². The molecule has 0 amide bonds. The number of allylic oxidation sites excluding steroid dienone is 24. The predicted octanol–water partition coefficient (Wildman–Crippen LogP) is 18.0. The fraction of sp³-hybridized carbons (Fsp3) is 0.565. The van der Waals surface area contributed by atoms with E-state index in [4.69, 9.17) is 14.2 Å². The average molecular weight is 937 g/mol. The van der Waals surface area contributed by atoms with Gasteiger partial charge in [0.1, 0.15) is 13.2 Å². The first kappa shape index (κ1) is 63.3. The number of carbonyl (C=O) groups is 3. The SMILES string of the molecule is CC/C=C/C=C/C=C/C=C/C=C/C=C/C=C/CCCCCC(=O)OCC(COC(=O)CC/C=C/C/C=C/CCCCCCCC)OC(=O)CCCCCCC/C=C/C=C/C=C/CCCCCCC. The molecule has 0 aliphatic rings. The lowest BCUT2D eigenvalue weighted by atomic mass is 10.1. The molecule has 6 heteroatoms. The monoisotopic (exact) mass is 937 g/mol. The van der Waals surface area contributed by atoms with Crippen molar-refractivity contribution in [2.24, 2.45) is 0 Å². The van der Waals surface area contributed by atoms with E-state index >= 15 is 0 Å². The number of carbonyl (C=O) groups excluding carboxylic acids is 3. The van der Waals surface area contributed by atoms with Crippen LogP contribution in [-0.2, 0) is 28.6 Å². The highest BCUT2D eigenvalue weighted by molar-refractivity contribution is 5.71. The van der Waals surface area contributed by atoms with Crippen molar-refractivity contribution in [2.75, 3.05) is 13.2 Å². The molecule has 68 heavy (non-hydrogen) atoms. The number of esters is 3. The fourth-order valence-electron chi connectivity index (χ4n) is 6.77. The molecule has 0 aliphatic carbocycles. The van der Waals surface area contributed by atoms with Crippen LogP contribution < -0.4 is 0 Å². The Morgan fingerprint density at radius 3 is 1.12 bits per heavy atom. The molecule has 1 unspecified atom stereocenters. The first-order chi connectivity index (χ1) is 33.5. The van der Waals surface area contributed by atoms with Crippen LogP contribution in [0.15, 0.2) is 146 Å². The summed E-state index contributed by atoms with van der Waals surface area (Å²) in [7, 11) is 0. The second-order valence-corrected chi connectivity index (χ2v) is 17.3. The van der Waals surface area contributed by atoms with Crippen molar-refractivity contribution in [3.8, 4) is 0 Å². The Balaban J connectivity index is 4.62. The van der Waals surface area contributed by atoms with Crippen LogP contribution in [0.1, 0.15) is 207 Å². The van der Waals surface area contributed by atoms with Crippen molar-refractivity contribution in [2.45, 2.75) is 213 Å². The summed E-state index contributed by atoms with van der Waals surface area (Å²) < 4.78 is 16.7. The highest BCUT2D eigenvalue weighted by atomic mass is 16.6. The highest BCUT2D eigenvalue weighted by Gasteiger charge is 2.19. The van der Waals surface area contributed by atoms with E-state index in [0.29, 0.717) is 12.8 Å². The van der Waals surface area contributed by atoms with E-state index in [1.54, 1.807) is 0 Å². The molecule has 0 bridgehead atoms. The van der Waals surface area contributed by atoms with Gasteiger partial charge in [0, 0.05) is 19.3 Å². The van der Waals surface area contributed by atoms with Gasteiger partial charge in [-0.2, -0.15) is 0 Å². The lowest BCUT2D eigenvalue weighted by molar-refractivity contribution is -0.166. The molecular weight excluding hydrogens is 841 g/mol. The summed E-state index contributed by atoms with van der Waals surface area (Å²) in [6.45, 7) is 6.34. The number of hydrogen-bond donors (Lipinski definition) is 0. The Labute approximate surface area is 417 Å². The van der Waals surface area contributed by atoms with Gasteiger partial charge in [0.2, 0.25) is 0 Å². The van der Waals surface area contributed by atoms with E-state index in [0.717, 1.165) is 83.5 Å². The van der Waals surface area contributed by atoms with Gasteiger partial charge in [0.25, 0.3) is 0 Å². The summed E-state index contributed by atoms with van der Waals surface area (Å²) >= 11 is 0. The summed E-state index contributed by atoms with van der Waals surface area (Å²) in [5.74, 6) is -1.07. The number of ether oxygens (including phenoxy) is 3. The number of rotatable bonds is 46. The topological polar surface area (TPSA) is 78.9 Å². The lowest BCUT2D eigenvalue weighted by Gasteiger charge is -2.18. The van der Waals surface area contributed by atoms with Crippen LogP contribution in [-0.4, -0.2) is 37.2 Å². The number of hydrogen-bond acceptors (Lipinski definition) is 6. The largest absolute Gasteiger partial charge is 0.462 e. The standard InChI is InChI=1S/C62H96O6/c1-4-7-10-13-16-19-22-25-27-29-31-33-34-37-40-43-46-49-52-55-61(64)67-58-59(57-66-60(63)54-51-48-45-42-39-36-24-21-18-15-12-9-6-3)68-62(65)56-53-50-47-44-41-38-35-32-30-28-26-23-20-17-14-11-8-5-2/h7,10,13,16,19,22-23,25-37,39-40,45,48,59H,4-6,8-9,11-12,14-15,17-18,20-21,24,38,41-44,46-47,49-58H2,1-3H3/b10-7+,16-13+,22-19+,26-23+,27-25+,30-28+,31-29+,34-33+,35-32+,39-36+,40-37+,48-45+. The highest BCUT2D eigenvalue weighted by Crippen LogP contribution is 2.12. The Morgan fingerprint density at radius 2 is 0.662 bits per heavy atom. The van der Waals surface area contributed by atoms with Gasteiger partial charge in [0.15, 0.2) is 6.10 Å². The quantitative estimate of drug-likeness (QED) is 0.0199. The molecule has 0 N–H and O–H groups in total. The van der Waals surface area contributed by atoms with Crippen LogP contribution in [0.25, 0.3) is 0 Å². The van der Waals surface area contributed by atoms with Crippen molar-refractivity contribution >= 4 is 17.9 Å². The van der Waals surface area contributed by atoms with E-state index in [9.17, 15) is 14.4 Å². The number of unbranched alkanes of at least 4 members (excludes halogenated alkanes) is 19. The molecule has 0 heterocycles. The molecule has 0 spiro atoms. The van der Waals surface area contributed by atoms with Gasteiger partial charge < -0.3 is 14.2 Å². The summed E-state index contributed by atoms with van der Waals surface area (Å²) in [6, 6.07) is 0. The van der Waals surface area contributed by atoms with Gasteiger partial charge >= 0.3 is 17.9 Å². The van der Waals surface area contributed by atoms with E-state index in [-0.39, 0.29) is 50.4 Å². The lowest BCUT2D eigenvalue weighted by Crippen LogP contribution is -2.30. The van der Waals surface area contributed by atoms with Gasteiger partial charge in [0.05, 0.1) is 0 Å². The van der Waals surface area contributed by atoms with Crippen molar-refractivity contribution in [1.29, 1.82) is 0 Å². The Hall–Kier alpha value is -4.71. The minimum Gasteiger partial charge on any atom is -0.462 e. The minimum absolute atomic E-state index is 0.134. The fourth-order valence-corrected chi connectivity index (χ4v) is 6.77. The van der Waals surface area contributed by atoms with Crippen molar-refractivity contribution in [1.82, 2.24) is 0 Å². The van der Waals surface area contributed by atoms with Gasteiger partial charge in [-0.05, 0) is 83.5 Å². The molecule has 1 atom stereocenters. The third kappa shape index (κ3) is 52.3. The summed E-state index contributed by atoms with van der Waals surface area (Å²) in [5, 5.41) is 0. The van der Waals surface area contributed by atoms with Gasteiger partial charge in [-0.25, -0.2) is 0 Å². The molecule has 0 saturated heterocycles. The van der Waals surface area contributed by atoms with Gasteiger partial charge in [-0.15, -0.1) is 0 Å². The predicted molar refractivity (Wildman–Crippen MR) is 292 cm³/mol. The summed E-state index contributed by atoms with van der Waals surface area (Å²) in [5.41, 5.74) is 0. The molecule has 6 nitrogen and oxygen atoms in total. The van der Waals surface area contributed by atoms with Crippen LogP contribution in [0.2, 0.25) is 0 Å². The molecule has 0 rings (SSSR count). The first-order valence-electron chi connectivity index (χ1n) is 27.0. The van der Waals surface area contributed by atoms with E-state index in [1.807, 2.05) is 79.0 Å². The molecule has 0 aromatic rings. The van der Waals surface area contributed by atoms with Crippen molar-refractivity contribution < 1.29 is 28.6 Å². The van der Waals surface area contributed by atoms with E-state index in [2.05, 4.69) is 87.6 Å². The van der Waals surface area contributed by atoms with Crippen LogP contribution in [0.5, 0.6) is 0 Å². The zero-order valence-electron chi connectivity index (χ0n) is 43.3. The Kier molecular flexibility index (Phi) is 51.1. The molecule has 0 aromatic heterocycles. The summed E-state index contributed by atoms with van der Waals surface area (Å²) in [4.78, 5) is 38.0. The molecule has 0 aromatic carbocycles. The minimum atomic E-state index is -0.837. The maximum absolute atomic E-state index is 12.8. The molecule has 380 valence electrons. The molecular formula is C62H96O6. The Morgan fingerprint density at radius 1 is 0.324 bits per heavy atom. The van der Waals surface area contributed by atoms with Crippen LogP contribution in [0.4, 0.5) is 0 Å². The second kappa shape index (κ2) is 54.9. The zero-order valence-corrected chi connectivity index (χ0v) is 43.3. The van der Waals surface area contributed by atoms with Crippen molar-refractivity contribution in [3.05, 3.63) is 146 Å². The smallest absolute Gasteiger partial charge is 0.306 e. The third-order valence-corrected chi connectivity index (χ3v) is 10.8. The third-order valence-electron chi connectivity index (χ3n) is 10.8. The zero-order chi connectivity index (χ0) is 49.3. The molecule has 0 fully saturated rings. The van der Waals surface area contributed by atoms with Crippen LogP contribution in [0, 0.1) is 0 Å². The Bertz CT molecular complexity index is 1540. The average Bonchev–Trinajstić information content (AvgIpc) is 3.34. The van der Waals surface area contributed by atoms with E-state index < -0.39 is 6.10 Å². The first-order valence-corrected chi connectivity index (χ1v) is 27.0. The molecule has 0 aliphatic heterocycles. The normalized spacial score (nSPS) is 13.3. The maximum atomic E-state index is 12.8.